The largest absolute Gasteiger partial charge is 0.340 e. The van der Waals surface area contributed by atoms with E-state index in [0.29, 0.717) is 5.06 Å². The summed E-state index contributed by atoms with van der Waals surface area (Å²) in [4.78, 5) is 39.3. The number of benzene rings is 1. The van der Waals surface area contributed by atoms with Crippen LogP contribution >= 0.6 is 0 Å². The van der Waals surface area contributed by atoms with E-state index in [1.165, 1.54) is 0 Å². The summed E-state index contributed by atoms with van der Waals surface area (Å²) in [5, 5.41) is 0.571. The monoisotopic (exact) mass is 247 g/mol. The number of imide groups is 1. The smallest absolute Gasteiger partial charge is 0.330 e. The van der Waals surface area contributed by atoms with E-state index in [-0.39, 0.29) is 12.8 Å². The Kier molecular flexibility index (Phi) is 3.41. The van der Waals surface area contributed by atoms with Crippen molar-refractivity contribution in [3.8, 4) is 0 Å². The van der Waals surface area contributed by atoms with Gasteiger partial charge in [-0.25, -0.2) is 4.79 Å². The van der Waals surface area contributed by atoms with Crippen LogP contribution in [0.4, 0.5) is 0 Å². The van der Waals surface area contributed by atoms with Crippen molar-refractivity contribution < 1.29 is 19.2 Å². The van der Waals surface area contributed by atoms with Crippen LogP contribution in [-0.2, 0) is 19.2 Å². The number of hydrogen-bond acceptors (Lipinski definition) is 4. The highest BCUT2D eigenvalue weighted by Gasteiger charge is 2.34. The normalized spacial score (nSPS) is 16.8. The summed E-state index contributed by atoms with van der Waals surface area (Å²) in [7, 11) is 0. The maximum atomic E-state index is 11.8. The van der Waals surface area contributed by atoms with Crippen molar-refractivity contribution in [1.29, 1.82) is 0 Å². The van der Waals surface area contributed by atoms with Crippen molar-refractivity contribution in [2.45, 2.75) is 25.7 Å². The standard InChI is InChI=1S/C13H13NO4/c1-9(10-5-3-2-4-6-10)13(17)18-14-11(15)7-8-12(14)16/h2-6,9H,7-8H2,1H3. The molecule has 1 atom stereocenters. The first-order chi connectivity index (χ1) is 8.59. The van der Waals surface area contributed by atoms with Crippen molar-refractivity contribution in [2.75, 3.05) is 0 Å². The number of nitrogens with zero attached hydrogens (tertiary/aromatic N) is 1. The predicted octanol–water partition coefficient (Wildman–Crippen LogP) is 1.40. The third kappa shape index (κ3) is 2.40. The lowest BCUT2D eigenvalue weighted by atomic mass is 10.0. The molecule has 2 amide bonds. The van der Waals surface area contributed by atoms with E-state index >= 15 is 0 Å². The second-order valence-corrected chi connectivity index (χ2v) is 4.12. The van der Waals surface area contributed by atoms with Gasteiger partial charge < -0.3 is 4.84 Å². The highest BCUT2D eigenvalue weighted by molar-refractivity contribution is 6.01. The highest BCUT2D eigenvalue weighted by Crippen LogP contribution is 2.19. The van der Waals surface area contributed by atoms with E-state index < -0.39 is 23.7 Å². The summed E-state index contributed by atoms with van der Waals surface area (Å²) < 4.78 is 0. The number of carbonyl (C=O) groups is 3. The van der Waals surface area contributed by atoms with Gasteiger partial charge in [0.1, 0.15) is 0 Å². The van der Waals surface area contributed by atoms with Crippen LogP contribution in [0.5, 0.6) is 0 Å². The first-order valence-corrected chi connectivity index (χ1v) is 5.72. The maximum Gasteiger partial charge on any atom is 0.340 e. The third-order valence-electron chi connectivity index (χ3n) is 2.84. The molecule has 0 aliphatic carbocycles. The van der Waals surface area contributed by atoms with Gasteiger partial charge in [-0.3, -0.25) is 9.59 Å². The lowest BCUT2D eigenvalue weighted by Crippen LogP contribution is -2.33. The summed E-state index contributed by atoms with van der Waals surface area (Å²) in [6, 6.07) is 9.05. The van der Waals surface area contributed by atoms with Gasteiger partial charge in [-0.05, 0) is 12.5 Å². The lowest BCUT2D eigenvalue weighted by molar-refractivity contribution is -0.198. The maximum absolute atomic E-state index is 11.8. The molecule has 0 saturated carbocycles. The SMILES string of the molecule is CC(C(=O)ON1C(=O)CCC1=O)c1ccccc1. The van der Waals surface area contributed by atoms with Gasteiger partial charge >= 0.3 is 5.97 Å². The Morgan fingerprint density at radius 3 is 2.28 bits per heavy atom. The molecule has 1 heterocycles. The highest BCUT2D eigenvalue weighted by atomic mass is 16.7. The van der Waals surface area contributed by atoms with Crippen LogP contribution in [0.25, 0.3) is 0 Å². The average molecular weight is 247 g/mol. The molecule has 1 unspecified atom stereocenters. The summed E-state index contributed by atoms with van der Waals surface area (Å²) in [6.45, 7) is 1.67. The molecule has 94 valence electrons. The second-order valence-electron chi connectivity index (χ2n) is 4.12. The molecule has 0 aromatic heterocycles. The Morgan fingerprint density at radius 2 is 1.72 bits per heavy atom. The molecule has 1 saturated heterocycles. The molecule has 5 nitrogen and oxygen atoms in total. The number of amides is 2. The molecule has 0 spiro atoms. The summed E-state index contributed by atoms with van der Waals surface area (Å²) in [6.07, 6.45) is 0.206. The Morgan fingerprint density at radius 1 is 1.17 bits per heavy atom. The molecule has 5 heteroatoms. The summed E-state index contributed by atoms with van der Waals surface area (Å²) in [5.41, 5.74) is 0.779. The minimum absolute atomic E-state index is 0.103. The molecular formula is C13H13NO4. The molecule has 0 radical (unpaired) electrons. The quantitative estimate of drug-likeness (QED) is 0.757. The van der Waals surface area contributed by atoms with Crippen molar-refractivity contribution in [1.82, 2.24) is 5.06 Å². The van der Waals surface area contributed by atoms with E-state index in [1.807, 2.05) is 18.2 Å². The van der Waals surface area contributed by atoms with Gasteiger partial charge in [0.05, 0.1) is 5.92 Å². The zero-order valence-electron chi connectivity index (χ0n) is 9.96. The Bertz CT molecular complexity index is 467. The minimum Gasteiger partial charge on any atom is -0.330 e. The second kappa shape index (κ2) is 5.00. The first-order valence-electron chi connectivity index (χ1n) is 5.72. The van der Waals surface area contributed by atoms with Crippen LogP contribution < -0.4 is 0 Å². The number of hydroxylamine groups is 2. The van der Waals surface area contributed by atoms with Crippen LogP contribution in [0.2, 0.25) is 0 Å². The van der Waals surface area contributed by atoms with Crippen LogP contribution in [0.15, 0.2) is 30.3 Å². The van der Waals surface area contributed by atoms with Gasteiger partial charge in [0, 0.05) is 12.8 Å². The molecular weight excluding hydrogens is 234 g/mol. The van der Waals surface area contributed by atoms with Crippen molar-refractivity contribution >= 4 is 17.8 Å². The number of carbonyl (C=O) groups excluding carboxylic acids is 3. The van der Waals surface area contributed by atoms with Crippen LogP contribution in [0.3, 0.4) is 0 Å². The fraction of sp³-hybridized carbons (Fsp3) is 0.308. The van der Waals surface area contributed by atoms with E-state index in [9.17, 15) is 14.4 Å². The predicted molar refractivity (Wildman–Crippen MR) is 62.0 cm³/mol. The van der Waals surface area contributed by atoms with Crippen LogP contribution in [-0.4, -0.2) is 22.8 Å². The van der Waals surface area contributed by atoms with Gasteiger partial charge in [-0.1, -0.05) is 30.3 Å². The van der Waals surface area contributed by atoms with Crippen molar-refractivity contribution in [3.63, 3.8) is 0 Å². The Labute approximate surface area is 104 Å². The molecule has 1 fully saturated rings. The van der Waals surface area contributed by atoms with Gasteiger partial charge in [-0.2, -0.15) is 0 Å². The van der Waals surface area contributed by atoms with E-state index in [4.69, 9.17) is 4.84 Å². The molecule has 1 aliphatic heterocycles. The fourth-order valence-electron chi connectivity index (χ4n) is 1.70. The molecule has 1 aromatic carbocycles. The van der Waals surface area contributed by atoms with E-state index in [0.717, 1.165) is 5.56 Å². The molecule has 2 rings (SSSR count). The van der Waals surface area contributed by atoms with Gasteiger partial charge in [0.15, 0.2) is 0 Å². The molecule has 0 N–H and O–H groups in total. The van der Waals surface area contributed by atoms with Crippen LogP contribution in [0.1, 0.15) is 31.2 Å². The Hall–Kier alpha value is -2.17. The van der Waals surface area contributed by atoms with E-state index in [2.05, 4.69) is 0 Å². The molecule has 18 heavy (non-hydrogen) atoms. The zero-order valence-corrected chi connectivity index (χ0v) is 9.96. The van der Waals surface area contributed by atoms with Gasteiger partial charge in [-0.15, -0.1) is 5.06 Å². The van der Waals surface area contributed by atoms with Crippen molar-refractivity contribution in [2.24, 2.45) is 0 Å². The summed E-state index contributed by atoms with van der Waals surface area (Å²) >= 11 is 0. The van der Waals surface area contributed by atoms with Gasteiger partial charge in [0.2, 0.25) is 0 Å². The Balaban J connectivity index is 2.04. The topological polar surface area (TPSA) is 63.7 Å². The van der Waals surface area contributed by atoms with Gasteiger partial charge in [0.25, 0.3) is 11.8 Å². The number of rotatable bonds is 3. The molecule has 1 aromatic rings. The third-order valence-corrected chi connectivity index (χ3v) is 2.84. The summed E-state index contributed by atoms with van der Waals surface area (Å²) in [5.74, 6) is -2.06. The minimum atomic E-state index is -0.607. The van der Waals surface area contributed by atoms with Crippen molar-refractivity contribution in [3.05, 3.63) is 35.9 Å². The average Bonchev–Trinajstić information content (AvgIpc) is 2.70. The van der Waals surface area contributed by atoms with E-state index in [1.54, 1.807) is 19.1 Å². The number of hydrogen-bond donors (Lipinski definition) is 0. The fourth-order valence-corrected chi connectivity index (χ4v) is 1.70. The lowest BCUT2D eigenvalue weighted by Gasteiger charge is -2.16. The van der Waals surface area contributed by atoms with Crippen LogP contribution in [0, 0.1) is 0 Å². The molecule has 1 aliphatic rings. The first kappa shape index (κ1) is 12.3. The zero-order chi connectivity index (χ0) is 13.1. The molecule has 0 bridgehead atoms.